The van der Waals surface area contributed by atoms with Crippen molar-refractivity contribution in [1.82, 2.24) is 4.90 Å². The van der Waals surface area contributed by atoms with Crippen LogP contribution in [-0.4, -0.2) is 60.9 Å². The van der Waals surface area contributed by atoms with Gasteiger partial charge < -0.3 is 26.1 Å². The number of rotatable bonds is 5. The van der Waals surface area contributed by atoms with Gasteiger partial charge >= 0.3 is 11.9 Å². The molecule has 1 saturated heterocycles. The van der Waals surface area contributed by atoms with E-state index in [0.717, 1.165) is 45.6 Å². The number of hydrogen-bond donors (Lipinski definition) is 4. The zero-order valence-corrected chi connectivity index (χ0v) is 26.6. The first kappa shape index (κ1) is 30.2. The molecule has 4 aliphatic heterocycles. The van der Waals surface area contributed by atoms with Gasteiger partial charge in [-0.25, -0.2) is 9.59 Å². The number of carboxylic acids is 2. The van der Waals surface area contributed by atoms with Crippen LogP contribution < -0.4 is 16.4 Å². The Bertz CT molecular complexity index is 1820. The molecule has 0 saturated carbocycles. The number of thioether (sulfide) groups is 3. The second kappa shape index (κ2) is 10.1. The van der Waals surface area contributed by atoms with Gasteiger partial charge in [-0.1, -0.05) is 42.2 Å². The number of fused-ring (bicyclic) bond motifs is 4. The number of imide groups is 1. The van der Waals surface area contributed by atoms with Crippen molar-refractivity contribution in [2.24, 2.45) is 11.5 Å². The monoisotopic (exact) mass is 656 g/mol. The molecule has 0 bridgehead atoms. The first-order chi connectivity index (χ1) is 20.7. The molecule has 1 unspecified atom stereocenters. The molecule has 12 nitrogen and oxygen atoms in total. The Kier molecular flexibility index (Phi) is 6.94. The highest BCUT2D eigenvalue weighted by Gasteiger charge is 2.59. The van der Waals surface area contributed by atoms with Crippen molar-refractivity contribution in [3.05, 3.63) is 54.5 Å². The van der Waals surface area contributed by atoms with Gasteiger partial charge in [-0.05, 0) is 44.9 Å². The summed E-state index contributed by atoms with van der Waals surface area (Å²) in [7, 11) is 0. The molecular weight excluding hydrogens is 629 g/mol. The second-order valence-corrected chi connectivity index (χ2v) is 14.8. The minimum Gasteiger partial charge on any atom is -0.477 e. The molecule has 0 aliphatic carbocycles. The van der Waals surface area contributed by atoms with Crippen molar-refractivity contribution < 1.29 is 38.6 Å². The van der Waals surface area contributed by atoms with Crippen LogP contribution in [0.15, 0.2) is 42.0 Å². The third-order valence-electron chi connectivity index (χ3n) is 8.51. The fraction of sp³-hybridized carbons (Fsp3) is 0.345. The molecule has 1 aromatic carbocycles. The minimum atomic E-state index is -1.49. The van der Waals surface area contributed by atoms with E-state index in [2.05, 4.69) is 0 Å². The first-order valence-corrected chi connectivity index (χ1v) is 16.1. The lowest BCUT2D eigenvalue weighted by Gasteiger charge is -2.52. The van der Waals surface area contributed by atoms with E-state index >= 15 is 0 Å². The van der Waals surface area contributed by atoms with Gasteiger partial charge in [0.25, 0.3) is 0 Å². The lowest BCUT2D eigenvalue weighted by molar-refractivity contribution is -0.142. The highest BCUT2D eigenvalue weighted by atomic mass is 32.2. The molecule has 1 spiro atoms. The molecule has 6 rings (SSSR count). The maximum Gasteiger partial charge on any atom is 0.343 e. The molecule has 15 heteroatoms. The SMILES string of the molecule is CCC1(C)C2=C(c3cc4oc(C)cc4c(C)c3N1C(=O)CN1C(=O)CCC1=O)C1(SC(C(=O)O)=C(C(=O)O)S1)C(N)=C(N)S2. The Morgan fingerprint density at radius 2 is 1.61 bits per heavy atom. The predicted octanol–water partition coefficient (Wildman–Crippen LogP) is 3.82. The van der Waals surface area contributed by atoms with Crippen molar-refractivity contribution in [3.8, 4) is 0 Å². The molecule has 1 atom stereocenters. The van der Waals surface area contributed by atoms with E-state index in [-0.39, 0.29) is 33.4 Å². The van der Waals surface area contributed by atoms with Crippen LogP contribution in [0.5, 0.6) is 0 Å². The number of hydrogen-bond acceptors (Lipinski definition) is 11. The van der Waals surface area contributed by atoms with E-state index in [0.29, 0.717) is 45.1 Å². The van der Waals surface area contributed by atoms with Gasteiger partial charge in [0.05, 0.1) is 22.0 Å². The summed E-state index contributed by atoms with van der Waals surface area (Å²) >= 11 is 2.74. The number of amides is 3. The van der Waals surface area contributed by atoms with Crippen LogP contribution in [0.2, 0.25) is 0 Å². The molecule has 4 aliphatic rings. The summed E-state index contributed by atoms with van der Waals surface area (Å²) in [4.78, 5) is 66.5. The molecule has 1 aromatic heterocycles. The molecule has 44 heavy (non-hydrogen) atoms. The van der Waals surface area contributed by atoms with Gasteiger partial charge in [0.15, 0.2) is 0 Å². The highest BCUT2D eigenvalue weighted by Crippen LogP contribution is 2.70. The summed E-state index contributed by atoms with van der Waals surface area (Å²) in [5, 5.41) is 20.9. The van der Waals surface area contributed by atoms with Crippen molar-refractivity contribution in [2.75, 3.05) is 11.4 Å². The first-order valence-electron chi connectivity index (χ1n) is 13.6. The molecule has 0 radical (unpaired) electrons. The molecule has 230 valence electrons. The predicted molar refractivity (Wildman–Crippen MR) is 168 cm³/mol. The Labute approximate surface area is 263 Å². The average molecular weight is 657 g/mol. The van der Waals surface area contributed by atoms with Crippen molar-refractivity contribution in [2.45, 2.75) is 56.6 Å². The highest BCUT2D eigenvalue weighted by molar-refractivity contribution is 8.26. The van der Waals surface area contributed by atoms with E-state index in [9.17, 15) is 34.2 Å². The van der Waals surface area contributed by atoms with Crippen molar-refractivity contribution >= 4 is 87.2 Å². The van der Waals surface area contributed by atoms with E-state index < -0.39 is 45.8 Å². The van der Waals surface area contributed by atoms with E-state index in [1.54, 1.807) is 17.9 Å². The van der Waals surface area contributed by atoms with Crippen molar-refractivity contribution in [1.29, 1.82) is 0 Å². The van der Waals surface area contributed by atoms with Gasteiger partial charge in [-0.2, -0.15) is 0 Å². The number of aliphatic carboxylic acids is 2. The standard InChI is InChI=1S/C29H28N4O8S3/c1-5-28(4)24-19(29(23(30)25(31)42-24)43-21(26(37)38)22(44-29)27(39)40)14-9-15-13(8-11(2)41-15)12(3)20(14)33(28)18(36)10-32-16(34)6-7-17(32)35/h8-9H,5-7,10,30-31H2,1-4H3,(H,37,38)(H,39,40). The van der Waals surface area contributed by atoms with Gasteiger partial charge in [0, 0.05) is 34.3 Å². The van der Waals surface area contributed by atoms with Gasteiger partial charge in [0.2, 0.25) is 17.7 Å². The molecule has 3 amide bonds. The largest absolute Gasteiger partial charge is 0.477 e. The lowest BCUT2D eigenvalue weighted by atomic mass is 9.80. The summed E-state index contributed by atoms with van der Waals surface area (Å²) in [5.74, 6) is -3.55. The Balaban J connectivity index is 1.66. The number of carboxylic acid groups (broad SMARTS) is 2. The number of carbonyl (C=O) groups excluding carboxylic acids is 3. The number of anilines is 1. The van der Waals surface area contributed by atoms with Crippen LogP contribution in [0.3, 0.4) is 0 Å². The number of aryl methyl sites for hydroxylation is 2. The van der Waals surface area contributed by atoms with Crippen LogP contribution in [0.1, 0.15) is 50.0 Å². The fourth-order valence-electron chi connectivity index (χ4n) is 6.25. The molecule has 2 aromatic rings. The average Bonchev–Trinajstić information content (AvgIpc) is 3.64. The summed E-state index contributed by atoms with van der Waals surface area (Å²) in [5.41, 5.74) is 14.8. The topological polar surface area (TPSA) is 197 Å². The molecule has 1 fully saturated rings. The van der Waals surface area contributed by atoms with E-state index in [1.807, 2.05) is 26.8 Å². The quantitative estimate of drug-likeness (QED) is 0.339. The zero-order chi connectivity index (χ0) is 32.0. The van der Waals surface area contributed by atoms with Crippen LogP contribution in [0, 0.1) is 13.8 Å². The third-order valence-corrected chi connectivity index (χ3v) is 13.0. The Morgan fingerprint density at radius 1 is 1.02 bits per heavy atom. The molecule has 5 heterocycles. The number of nitrogens with two attached hydrogens (primary N) is 2. The van der Waals surface area contributed by atoms with Crippen LogP contribution >= 0.6 is 35.3 Å². The maximum absolute atomic E-state index is 14.4. The summed E-state index contributed by atoms with van der Waals surface area (Å²) < 4.78 is 4.52. The summed E-state index contributed by atoms with van der Waals surface area (Å²) in [6.07, 6.45) is 0.419. The number of carbonyl (C=O) groups is 5. The number of likely N-dealkylation sites (tertiary alicyclic amines) is 1. The van der Waals surface area contributed by atoms with Crippen LogP contribution in [0.4, 0.5) is 5.69 Å². The van der Waals surface area contributed by atoms with Gasteiger partial charge in [-0.3, -0.25) is 24.2 Å². The Morgan fingerprint density at radius 3 is 2.16 bits per heavy atom. The summed E-state index contributed by atoms with van der Waals surface area (Å²) in [6, 6.07) is 3.59. The second-order valence-electron chi connectivity index (χ2n) is 11.1. The van der Waals surface area contributed by atoms with E-state index in [4.69, 9.17) is 15.9 Å². The van der Waals surface area contributed by atoms with Gasteiger partial charge in [-0.15, -0.1) is 0 Å². The number of benzene rings is 1. The normalized spacial score (nSPS) is 22.9. The summed E-state index contributed by atoms with van der Waals surface area (Å²) in [6.45, 7) is 6.87. The lowest BCUT2D eigenvalue weighted by Crippen LogP contribution is -2.58. The van der Waals surface area contributed by atoms with E-state index in [1.165, 1.54) is 0 Å². The number of furan rings is 1. The minimum absolute atomic E-state index is 0.0369. The molecule has 6 N–H and O–H groups in total. The van der Waals surface area contributed by atoms with Crippen LogP contribution in [0.25, 0.3) is 16.5 Å². The smallest absolute Gasteiger partial charge is 0.343 e. The third kappa shape index (κ3) is 4.05. The van der Waals surface area contributed by atoms with Crippen molar-refractivity contribution in [3.63, 3.8) is 0 Å². The number of nitrogens with zero attached hydrogens (tertiary/aromatic N) is 2. The Hall–Kier alpha value is -3.82. The molecular formula is C29H28N4O8S3. The zero-order valence-electron chi connectivity index (χ0n) is 24.1. The van der Waals surface area contributed by atoms with Gasteiger partial charge in [0.1, 0.15) is 31.8 Å². The maximum atomic E-state index is 14.4. The fourth-order valence-corrected chi connectivity index (χ4v) is 10.9. The van der Waals surface area contributed by atoms with Crippen LogP contribution in [-0.2, 0) is 24.0 Å².